The van der Waals surface area contributed by atoms with Crippen molar-refractivity contribution in [3.63, 3.8) is 0 Å². The van der Waals surface area contributed by atoms with Gasteiger partial charge in [0.1, 0.15) is 18.0 Å². The van der Waals surface area contributed by atoms with Gasteiger partial charge in [-0.05, 0) is 30.9 Å². The number of fused-ring (bicyclic) bond motifs is 1. The first-order valence-electron chi connectivity index (χ1n) is 5.61. The number of nitrogens with zero attached hydrogens (tertiary/aromatic N) is 2. The molecule has 17 heavy (non-hydrogen) atoms. The fourth-order valence-corrected chi connectivity index (χ4v) is 1.80. The van der Waals surface area contributed by atoms with Gasteiger partial charge in [-0.1, -0.05) is 23.9 Å². The monoisotopic (exact) mass is 230 g/mol. The Morgan fingerprint density at radius 2 is 2.41 bits per heavy atom. The van der Waals surface area contributed by atoms with E-state index < -0.39 is 0 Å². The summed E-state index contributed by atoms with van der Waals surface area (Å²) in [6.07, 6.45) is 5.60. The van der Waals surface area contributed by atoms with Gasteiger partial charge in [-0.2, -0.15) is 0 Å². The maximum Gasteiger partial charge on any atom is 0.229 e. The molecule has 0 saturated carbocycles. The van der Waals surface area contributed by atoms with Crippen LogP contribution < -0.4 is 0 Å². The third kappa shape index (κ3) is 2.58. The highest BCUT2D eigenvalue weighted by Gasteiger charge is 2.22. The molecule has 4 nitrogen and oxygen atoms in total. The Labute approximate surface area is 100.0 Å². The average molecular weight is 230 g/mol. The van der Waals surface area contributed by atoms with Gasteiger partial charge in [0.05, 0.1) is 0 Å². The van der Waals surface area contributed by atoms with E-state index >= 15 is 0 Å². The summed E-state index contributed by atoms with van der Waals surface area (Å²) in [5.74, 6) is -0.123. The Morgan fingerprint density at radius 1 is 1.53 bits per heavy atom. The van der Waals surface area contributed by atoms with Gasteiger partial charge in [-0.3, -0.25) is 9.78 Å². The van der Waals surface area contributed by atoms with E-state index in [2.05, 4.69) is 16.7 Å². The van der Waals surface area contributed by atoms with Crippen LogP contribution in [0.15, 0.2) is 36.1 Å². The number of carbonyl (C=O) groups excluding carboxylic acids is 1. The Morgan fingerprint density at radius 3 is 3.24 bits per heavy atom. The van der Waals surface area contributed by atoms with Gasteiger partial charge in [0.15, 0.2) is 0 Å². The van der Waals surface area contributed by atoms with Gasteiger partial charge in [0, 0.05) is 6.20 Å². The first-order valence-corrected chi connectivity index (χ1v) is 5.61. The molecule has 0 saturated heterocycles. The average Bonchev–Trinajstić information content (AvgIpc) is 2.51. The lowest BCUT2D eigenvalue weighted by Crippen LogP contribution is -2.15. The van der Waals surface area contributed by atoms with E-state index in [1.54, 1.807) is 12.3 Å². The van der Waals surface area contributed by atoms with Crippen molar-refractivity contribution < 1.29 is 9.63 Å². The SMILES string of the molecule is C=CCO/N=C1\CCCc2cccnc2C1=O. The van der Waals surface area contributed by atoms with Crippen LogP contribution in [0.25, 0.3) is 0 Å². The summed E-state index contributed by atoms with van der Waals surface area (Å²) in [5.41, 5.74) is 1.95. The van der Waals surface area contributed by atoms with Gasteiger partial charge in [-0.25, -0.2) is 0 Å². The lowest BCUT2D eigenvalue weighted by atomic mass is 10.1. The second kappa shape index (κ2) is 5.39. The van der Waals surface area contributed by atoms with E-state index in [9.17, 15) is 4.79 Å². The summed E-state index contributed by atoms with van der Waals surface area (Å²) in [6.45, 7) is 3.84. The summed E-state index contributed by atoms with van der Waals surface area (Å²) < 4.78 is 0. The highest BCUT2D eigenvalue weighted by atomic mass is 16.6. The number of aromatic nitrogens is 1. The van der Waals surface area contributed by atoms with Gasteiger partial charge in [0.2, 0.25) is 5.78 Å². The van der Waals surface area contributed by atoms with E-state index in [-0.39, 0.29) is 5.78 Å². The Bertz CT molecular complexity index is 466. The number of pyridine rings is 1. The van der Waals surface area contributed by atoms with E-state index in [0.717, 1.165) is 18.4 Å². The molecule has 88 valence electrons. The first-order chi connectivity index (χ1) is 8.33. The third-order valence-electron chi connectivity index (χ3n) is 2.60. The molecule has 0 unspecified atom stereocenters. The Kier molecular flexibility index (Phi) is 3.65. The highest BCUT2D eigenvalue weighted by molar-refractivity contribution is 6.45. The van der Waals surface area contributed by atoms with E-state index in [1.165, 1.54) is 0 Å². The molecule has 1 aromatic rings. The molecule has 0 amide bonds. The van der Waals surface area contributed by atoms with Crippen molar-refractivity contribution in [2.75, 3.05) is 6.61 Å². The van der Waals surface area contributed by atoms with Crippen LogP contribution in [0.4, 0.5) is 0 Å². The van der Waals surface area contributed by atoms with E-state index in [0.29, 0.717) is 24.4 Å². The number of ketones is 1. The van der Waals surface area contributed by atoms with Crippen LogP contribution >= 0.6 is 0 Å². The number of carbonyl (C=O) groups is 1. The molecule has 0 bridgehead atoms. The molecule has 1 aliphatic carbocycles. The Hall–Kier alpha value is -1.97. The summed E-state index contributed by atoms with van der Waals surface area (Å²) in [4.78, 5) is 21.2. The molecule has 4 heteroatoms. The topological polar surface area (TPSA) is 51.6 Å². The highest BCUT2D eigenvalue weighted by Crippen LogP contribution is 2.17. The number of aryl methyl sites for hydroxylation is 1. The molecule has 1 heterocycles. The van der Waals surface area contributed by atoms with Crippen LogP contribution in [-0.2, 0) is 11.3 Å². The number of hydrogen-bond donors (Lipinski definition) is 0. The number of hydrogen-bond acceptors (Lipinski definition) is 4. The number of rotatable bonds is 3. The number of oxime groups is 1. The van der Waals surface area contributed by atoms with Gasteiger partial charge >= 0.3 is 0 Å². The van der Waals surface area contributed by atoms with Crippen molar-refractivity contribution in [2.45, 2.75) is 19.3 Å². The molecule has 1 aliphatic rings. The largest absolute Gasteiger partial charge is 0.391 e. The molecule has 0 aliphatic heterocycles. The lowest BCUT2D eigenvalue weighted by molar-refractivity contribution is 0.104. The van der Waals surface area contributed by atoms with Crippen LogP contribution in [0.3, 0.4) is 0 Å². The molecular weight excluding hydrogens is 216 g/mol. The van der Waals surface area contributed by atoms with E-state index in [1.807, 2.05) is 12.1 Å². The minimum Gasteiger partial charge on any atom is -0.391 e. The number of Topliss-reactive ketones (excluding diaryl/α,β-unsaturated/α-hetero) is 1. The van der Waals surface area contributed by atoms with Crippen LogP contribution in [0.5, 0.6) is 0 Å². The first kappa shape index (κ1) is 11.5. The van der Waals surface area contributed by atoms with E-state index in [4.69, 9.17) is 4.84 Å². The van der Waals surface area contributed by atoms with Crippen molar-refractivity contribution in [1.82, 2.24) is 4.98 Å². The maximum atomic E-state index is 12.1. The molecule has 0 aromatic carbocycles. The summed E-state index contributed by atoms with van der Waals surface area (Å²) in [7, 11) is 0. The Balaban J connectivity index is 2.26. The molecule has 1 aromatic heterocycles. The zero-order chi connectivity index (χ0) is 12.1. The van der Waals surface area contributed by atoms with Crippen LogP contribution in [0, 0.1) is 0 Å². The lowest BCUT2D eigenvalue weighted by Gasteiger charge is -2.02. The van der Waals surface area contributed by atoms with Crippen molar-refractivity contribution in [3.05, 3.63) is 42.2 Å². The van der Waals surface area contributed by atoms with Crippen LogP contribution in [0.1, 0.15) is 28.9 Å². The molecule has 0 fully saturated rings. The zero-order valence-electron chi connectivity index (χ0n) is 9.56. The summed E-state index contributed by atoms with van der Waals surface area (Å²) in [5, 5.41) is 3.87. The van der Waals surface area contributed by atoms with Crippen molar-refractivity contribution in [2.24, 2.45) is 5.16 Å². The van der Waals surface area contributed by atoms with Crippen LogP contribution in [-0.4, -0.2) is 23.1 Å². The molecule has 0 spiro atoms. The summed E-state index contributed by atoms with van der Waals surface area (Å²) in [6, 6.07) is 3.79. The second-order valence-corrected chi connectivity index (χ2v) is 3.82. The van der Waals surface area contributed by atoms with Gasteiger partial charge in [0.25, 0.3) is 0 Å². The van der Waals surface area contributed by atoms with Crippen molar-refractivity contribution >= 4 is 11.5 Å². The molecule has 0 N–H and O–H groups in total. The minimum atomic E-state index is -0.123. The zero-order valence-corrected chi connectivity index (χ0v) is 9.56. The predicted octanol–water partition coefficient (Wildman–Crippen LogP) is 2.16. The molecule has 0 radical (unpaired) electrons. The molecule has 0 atom stereocenters. The van der Waals surface area contributed by atoms with Crippen molar-refractivity contribution in [1.29, 1.82) is 0 Å². The maximum absolute atomic E-state index is 12.1. The van der Waals surface area contributed by atoms with Gasteiger partial charge in [-0.15, -0.1) is 0 Å². The minimum absolute atomic E-state index is 0.123. The normalized spacial score (nSPS) is 17.4. The second-order valence-electron chi connectivity index (χ2n) is 3.82. The molecular formula is C13H14N2O2. The molecule has 2 rings (SSSR count). The quantitative estimate of drug-likeness (QED) is 0.346. The fraction of sp³-hybridized carbons (Fsp3) is 0.308. The summed E-state index contributed by atoms with van der Waals surface area (Å²) >= 11 is 0. The smallest absolute Gasteiger partial charge is 0.229 e. The predicted molar refractivity (Wildman–Crippen MR) is 65.1 cm³/mol. The van der Waals surface area contributed by atoms with Crippen molar-refractivity contribution in [3.8, 4) is 0 Å². The third-order valence-corrected chi connectivity index (χ3v) is 2.60. The van der Waals surface area contributed by atoms with Gasteiger partial charge < -0.3 is 4.84 Å². The van der Waals surface area contributed by atoms with Crippen LogP contribution in [0.2, 0.25) is 0 Å². The fourth-order valence-electron chi connectivity index (χ4n) is 1.80. The standard InChI is InChI=1S/C13H14N2O2/c1-2-9-17-15-11-7-3-5-10-6-4-8-14-12(10)13(11)16/h2,4,6,8H,1,3,5,7,9H2/b15-11+.